The summed E-state index contributed by atoms with van der Waals surface area (Å²) in [6.07, 6.45) is 3.06. The van der Waals surface area contributed by atoms with Gasteiger partial charge < -0.3 is 0 Å². The van der Waals surface area contributed by atoms with Crippen LogP contribution in [0.5, 0.6) is 0 Å². The van der Waals surface area contributed by atoms with Gasteiger partial charge in [-0.3, -0.25) is 4.79 Å². The van der Waals surface area contributed by atoms with E-state index in [1.807, 2.05) is 12.1 Å². The van der Waals surface area contributed by atoms with Crippen molar-refractivity contribution in [3.63, 3.8) is 0 Å². The van der Waals surface area contributed by atoms with Crippen LogP contribution in [0.4, 0.5) is 4.39 Å². The van der Waals surface area contributed by atoms with Gasteiger partial charge in [0, 0.05) is 14.5 Å². The minimum atomic E-state index is -0.321. The maximum atomic E-state index is 13.4. The summed E-state index contributed by atoms with van der Waals surface area (Å²) in [5.41, 5.74) is 2.01. The highest BCUT2D eigenvalue weighted by molar-refractivity contribution is 9.10. The normalized spacial score (nSPS) is 11.0. The summed E-state index contributed by atoms with van der Waals surface area (Å²) in [6, 6.07) is 10.0. The van der Waals surface area contributed by atoms with E-state index < -0.39 is 0 Å². The van der Waals surface area contributed by atoms with Crippen LogP contribution >= 0.6 is 31.9 Å². The predicted molar refractivity (Wildman–Crippen MR) is 86.3 cm³/mol. The highest BCUT2D eigenvalue weighted by Crippen LogP contribution is 2.24. The molecule has 0 fully saturated rings. The molecule has 0 radical (unpaired) electrons. The number of ketones is 1. The van der Waals surface area contributed by atoms with Crippen molar-refractivity contribution >= 4 is 43.7 Å². The van der Waals surface area contributed by atoms with Crippen LogP contribution in [0.3, 0.4) is 0 Å². The van der Waals surface area contributed by atoms with E-state index in [0.29, 0.717) is 11.1 Å². The molecule has 102 valence electrons. The number of allylic oxidation sites excluding steroid dienone is 1. The standard InChI is InChI=1S/C16H11Br2FO/c1-10-8-12(19)9-11(16(10)18)6-7-15(20)13-4-2-3-5-14(13)17/h2-9H,1H3/b7-6+. The summed E-state index contributed by atoms with van der Waals surface area (Å²) < 4.78 is 14.9. The summed E-state index contributed by atoms with van der Waals surface area (Å²) in [4.78, 5) is 12.1. The van der Waals surface area contributed by atoms with Crippen LogP contribution in [-0.2, 0) is 0 Å². The van der Waals surface area contributed by atoms with Gasteiger partial charge >= 0.3 is 0 Å². The van der Waals surface area contributed by atoms with Crippen molar-refractivity contribution in [3.05, 3.63) is 73.9 Å². The maximum Gasteiger partial charge on any atom is 0.186 e. The van der Waals surface area contributed by atoms with Crippen LogP contribution in [0, 0.1) is 12.7 Å². The van der Waals surface area contributed by atoms with Crippen LogP contribution < -0.4 is 0 Å². The van der Waals surface area contributed by atoms with Crippen molar-refractivity contribution in [2.45, 2.75) is 6.92 Å². The molecule has 0 atom stereocenters. The molecule has 0 unspecified atom stereocenters. The van der Waals surface area contributed by atoms with Crippen LogP contribution in [-0.4, -0.2) is 5.78 Å². The topological polar surface area (TPSA) is 17.1 Å². The molecule has 2 rings (SSSR count). The minimum Gasteiger partial charge on any atom is -0.289 e. The number of carbonyl (C=O) groups excluding carboxylic acids is 1. The molecule has 0 aliphatic heterocycles. The molecule has 0 aromatic heterocycles. The third-order valence-corrected chi connectivity index (χ3v) is 4.58. The summed E-state index contributed by atoms with van der Waals surface area (Å²) in [5, 5.41) is 0. The Labute approximate surface area is 133 Å². The summed E-state index contributed by atoms with van der Waals surface area (Å²) in [5.74, 6) is -0.454. The molecular formula is C16H11Br2FO. The first-order chi connectivity index (χ1) is 9.49. The van der Waals surface area contributed by atoms with E-state index in [1.54, 1.807) is 25.1 Å². The molecule has 0 aliphatic carbocycles. The zero-order chi connectivity index (χ0) is 14.7. The molecule has 0 saturated heterocycles. The number of aryl methyl sites for hydroxylation is 1. The van der Waals surface area contributed by atoms with Crippen molar-refractivity contribution in [2.24, 2.45) is 0 Å². The average Bonchev–Trinajstić information content (AvgIpc) is 2.41. The fourth-order valence-electron chi connectivity index (χ4n) is 1.79. The van der Waals surface area contributed by atoms with E-state index in [9.17, 15) is 9.18 Å². The molecule has 0 saturated carbocycles. The molecule has 20 heavy (non-hydrogen) atoms. The van der Waals surface area contributed by atoms with Crippen LogP contribution in [0.25, 0.3) is 6.08 Å². The molecule has 0 amide bonds. The number of halogens is 3. The maximum absolute atomic E-state index is 13.4. The van der Waals surface area contributed by atoms with Crippen molar-refractivity contribution < 1.29 is 9.18 Å². The first kappa shape index (κ1) is 15.1. The van der Waals surface area contributed by atoms with Gasteiger partial charge in [0.05, 0.1) is 0 Å². The average molecular weight is 398 g/mol. The molecular weight excluding hydrogens is 387 g/mol. The smallest absolute Gasteiger partial charge is 0.186 e. The van der Waals surface area contributed by atoms with Crippen molar-refractivity contribution in [3.8, 4) is 0 Å². The summed E-state index contributed by atoms with van der Waals surface area (Å²) >= 11 is 6.73. The van der Waals surface area contributed by atoms with Gasteiger partial charge in [0.15, 0.2) is 5.78 Å². The lowest BCUT2D eigenvalue weighted by molar-refractivity contribution is 0.104. The number of carbonyl (C=O) groups is 1. The number of hydrogen-bond donors (Lipinski definition) is 0. The molecule has 0 spiro atoms. The van der Waals surface area contributed by atoms with Gasteiger partial charge in [0.25, 0.3) is 0 Å². The van der Waals surface area contributed by atoms with Gasteiger partial charge in [0.1, 0.15) is 5.82 Å². The third-order valence-electron chi connectivity index (χ3n) is 2.80. The first-order valence-electron chi connectivity index (χ1n) is 5.91. The lowest BCUT2D eigenvalue weighted by Gasteiger charge is -2.03. The van der Waals surface area contributed by atoms with Crippen LogP contribution in [0.2, 0.25) is 0 Å². The second-order valence-corrected chi connectivity index (χ2v) is 5.95. The van der Waals surface area contributed by atoms with Crippen molar-refractivity contribution in [1.29, 1.82) is 0 Å². The van der Waals surface area contributed by atoms with E-state index in [4.69, 9.17) is 0 Å². The highest BCUT2D eigenvalue weighted by atomic mass is 79.9. The Hall–Kier alpha value is -1.26. The Morgan fingerprint density at radius 3 is 2.60 bits per heavy atom. The molecule has 0 heterocycles. The van der Waals surface area contributed by atoms with Gasteiger partial charge in [-0.25, -0.2) is 4.39 Å². The van der Waals surface area contributed by atoms with Crippen LogP contribution in [0.15, 0.2) is 51.4 Å². The Morgan fingerprint density at radius 1 is 1.20 bits per heavy atom. The minimum absolute atomic E-state index is 0.133. The van der Waals surface area contributed by atoms with Gasteiger partial charge in [0.2, 0.25) is 0 Å². The Morgan fingerprint density at radius 2 is 1.90 bits per heavy atom. The fourth-order valence-corrected chi connectivity index (χ4v) is 2.63. The molecule has 0 N–H and O–H groups in total. The highest BCUT2D eigenvalue weighted by Gasteiger charge is 2.07. The second kappa shape index (κ2) is 6.46. The first-order valence-corrected chi connectivity index (χ1v) is 7.50. The number of hydrogen-bond acceptors (Lipinski definition) is 1. The predicted octanol–water partition coefficient (Wildman–Crippen LogP) is 5.56. The van der Waals surface area contributed by atoms with Gasteiger partial charge in [-0.1, -0.05) is 28.1 Å². The van der Waals surface area contributed by atoms with Gasteiger partial charge in [-0.05, 0) is 70.4 Å². The zero-order valence-electron chi connectivity index (χ0n) is 10.7. The van der Waals surface area contributed by atoms with E-state index in [1.165, 1.54) is 18.2 Å². The molecule has 0 bridgehead atoms. The molecule has 4 heteroatoms. The number of benzene rings is 2. The molecule has 2 aromatic carbocycles. The SMILES string of the molecule is Cc1cc(F)cc(/C=C/C(=O)c2ccccc2Br)c1Br. The monoisotopic (exact) mass is 396 g/mol. The van der Waals surface area contributed by atoms with E-state index in [-0.39, 0.29) is 11.6 Å². The van der Waals surface area contributed by atoms with Gasteiger partial charge in [-0.2, -0.15) is 0 Å². The fraction of sp³-hybridized carbons (Fsp3) is 0.0625. The van der Waals surface area contributed by atoms with Crippen molar-refractivity contribution in [1.82, 2.24) is 0 Å². The Balaban J connectivity index is 2.31. The lowest BCUT2D eigenvalue weighted by atomic mass is 10.1. The van der Waals surface area contributed by atoms with E-state index >= 15 is 0 Å². The Kier molecular flexibility index (Phi) is 4.89. The Bertz CT molecular complexity index is 693. The van der Waals surface area contributed by atoms with E-state index in [2.05, 4.69) is 31.9 Å². The quantitative estimate of drug-likeness (QED) is 0.489. The second-order valence-electron chi connectivity index (χ2n) is 4.30. The van der Waals surface area contributed by atoms with Crippen LogP contribution in [0.1, 0.15) is 21.5 Å². The summed E-state index contributed by atoms with van der Waals surface area (Å²) in [7, 11) is 0. The summed E-state index contributed by atoms with van der Waals surface area (Å²) in [6.45, 7) is 1.81. The number of rotatable bonds is 3. The molecule has 0 aliphatic rings. The van der Waals surface area contributed by atoms with E-state index in [0.717, 1.165) is 14.5 Å². The molecule has 2 aromatic rings. The lowest BCUT2D eigenvalue weighted by Crippen LogP contribution is -1.95. The zero-order valence-corrected chi connectivity index (χ0v) is 13.8. The van der Waals surface area contributed by atoms with Crippen molar-refractivity contribution in [2.75, 3.05) is 0 Å². The third kappa shape index (κ3) is 3.44. The van der Waals surface area contributed by atoms with Gasteiger partial charge in [-0.15, -0.1) is 0 Å². The molecule has 1 nitrogen and oxygen atoms in total. The largest absolute Gasteiger partial charge is 0.289 e.